The van der Waals surface area contributed by atoms with Crippen LogP contribution in [0.2, 0.25) is 0 Å². The summed E-state index contributed by atoms with van der Waals surface area (Å²) in [5.41, 5.74) is 1.37. The van der Waals surface area contributed by atoms with Gasteiger partial charge in [-0.2, -0.15) is 0 Å². The van der Waals surface area contributed by atoms with Gasteiger partial charge < -0.3 is 15.3 Å². The number of nitrogens with zero attached hydrogens (tertiary/aromatic N) is 1. The summed E-state index contributed by atoms with van der Waals surface area (Å²) >= 11 is 0. The van der Waals surface area contributed by atoms with Crippen LogP contribution in [0, 0.1) is 12.8 Å². The lowest BCUT2D eigenvalue weighted by Gasteiger charge is -2.18. The molecule has 1 fully saturated rings. The molecule has 0 aromatic heterocycles. The van der Waals surface area contributed by atoms with E-state index in [1.54, 1.807) is 24.0 Å². The molecule has 108 valence electrons. The zero-order valence-electron chi connectivity index (χ0n) is 11.8. The first-order valence-electron chi connectivity index (χ1n) is 6.91. The highest BCUT2D eigenvalue weighted by atomic mass is 16.4. The number of urea groups is 1. The predicted molar refractivity (Wildman–Crippen MR) is 77.1 cm³/mol. The van der Waals surface area contributed by atoms with Crippen molar-refractivity contribution in [3.05, 3.63) is 29.3 Å². The van der Waals surface area contributed by atoms with Gasteiger partial charge in [0.2, 0.25) is 0 Å². The zero-order chi connectivity index (χ0) is 14.7. The number of nitrogens with one attached hydrogen (secondary N) is 1. The number of hydrogen-bond acceptors (Lipinski definition) is 2. The molecule has 5 heteroatoms. The summed E-state index contributed by atoms with van der Waals surface area (Å²) in [6.07, 6.45) is 2.12. The van der Waals surface area contributed by atoms with Gasteiger partial charge in [0.25, 0.3) is 0 Å². The van der Waals surface area contributed by atoms with Crippen molar-refractivity contribution in [1.82, 2.24) is 4.90 Å². The third kappa shape index (κ3) is 2.92. The Bertz CT molecular complexity index is 528. The van der Waals surface area contributed by atoms with Crippen LogP contribution in [0.3, 0.4) is 0 Å². The second-order valence-corrected chi connectivity index (χ2v) is 5.22. The summed E-state index contributed by atoms with van der Waals surface area (Å²) in [7, 11) is 0. The molecule has 0 spiro atoms. The second kappa shape index (κ2) is 5.94. The van der Waals surface area contributed by atoms with Crippen LogP contribution in [-0.4, -0.2) is 35.1 Å². The van der Waals surface area contributed by atoms with Crippen LogP contribution >= 0.6 is 0 Å². The molecule has 20 heavy (non-hydrogen) atoms. The lowest BCUT2D eigenvalue weighted by Crippen LogP contribution is -2.33. The summed E-state index contributed by atoms with van der Waals surface area (Å²) in [4.78, 5) is 25.0. The number of carboxylic acid groups (broad SMARTS) is 1. The number of amides is 2. The molecule has 1 heterocycles. The Kier molecular flexibility index (Phi) is 4.27. The Morgan fingerprint density at radius 1 is 1.45 bits per heavy atom. The van der Waals surface area contributed by atoms with Gasteiger partial charge in [-0.05, 0) is 37.0 Å². The molecule has 2 N–H and O–H groups in total. The molecule has 2 amide bonds. The third-order valence-electron chi connectivity index (χ3n) is 3.96. The molecule has 1 unspecified atom stereocenters. The highest BCUT2D eigenvalue weighted by molar-refractivity contribution is 5.95. The minimum Gasteiger partial charge on any atom is -0.478 e. The number of carboxylic acids is 1. The van der Waals surface area contributed by atoms with Crippen molar-refractivity contribution in [2.45, 2.75) is 26.7 Å². The van der Waals surface area contributed by atoms with Crippen molar-refractivity contribution >= 4 is 17.7 Å². The fraction of sp³-hybridized carbons (Fsp3) is 0.467. The van der Waals surface area contributed by atoms with Crippen molar-refractivity contribution in [2.24, 2.45) is 5.92 Å². The highest BCUT2D eigenvalue weighted by Gasteiger charge is 2.25. The van der Waals surface area contributed by atoms with Crippen LogP contribution in [0.25, 0.3) is 0 Å². The number of anilines is 1. The Morgan fingerprint density at radius 3 is 2.80 bits per heavy atom. The van der Waals surface area contributed by atoms with Crippen molar-refractivity contribution in [3.63, 3.8) is 0 Å². The number of carbonyl (C=O) groups excluding carboxylic acids is 1. The van der Waals surface area contributed by atoms with E-state index < -0.39 is 5.97 Å². The Balaban J connectivity index is 2.09. The Hall–Kier alpha value is -2.04. The minimum absolute atomic E-state index is 0.147. The summed E-state index contributed by atoms with van der Waals surface area (Å²) in [6, 6.07) is 4.76. The molecule has 1 aromatic rings. The van der Waals surface area contributed by atoms with Crippen molar-refractivity contribution < 1.29 is 14.7 Å². The fourth-order valence-corrected chi connectivity index (χ4v) is 2.55. The van der Waals surface area contributed by atoms with E-state index in [1.807, 2.05) is 0 Å². The van der Waals surface area contributed by atoms with Gasteiger partial charge >= 0.3 is 12.0 Å². The van der Waals surface area contributed by atoms with Crippen molar-refractivity contribution in [1.29, 1.82) is 0 Å². The predicted octanol–water partition coefficient (Wildman–Crippen LogP) is 2.96. The van der Waals surface area contributed by atoms with E-state index in [4.69, 9.17) is 5.11 Å². The number of likely N-dealkylation sites (tertiary alicyclic amines) is 1. The van der Waals surface area contributed by atoms with E-state index in [0.29, 0.717) is 17.2 Å². The molecule has 0 aliphatic carbocycles. The summed E-state index contributed by atoms with van der Waals surface area (Å²) in [6.45, 7) is 5.38. The average molecular weight is 276 g/mol. The monoisotopic (exact) mass is 276 g/mol. The van der Waals surface area contributed by atoms with Crippen LogP contribution < -0.4 is 5.32 Å². The summed E-state index contributed by atoms with van der Waals surface area (Å²) < 4.78 is 0. The van der Waals surface area contributed by atoms with Crippen LogP contribution in [0.1, 0.15) is 35.7 Å². The number of carbonyl (C=O) groups is 2. The molecule has 0 radical (unpaired) electrons. The minimum atomic E-state index is -0.981. The van der Waals surface area contributed by atoms with E-state index in [9.17, 15) is 9.59 Å². The SMILES string of the molecule is CCC1CCN(C(=O)Nc2cccc(C(=O)O)c2C)C1. The van der Waals surface area contributed by atoms with Gasteiger partial charge in [0.1, 0.15) is 0 Å². The third-order valence-corrected chi connectivity index (χ3v) is 3.96. The van der Waals surface area contributed by atoms with Crippen LogP contribution in [0.5, 0.6) is 0 Å². The molecule has 1 atom stereocenters. The van der Waals surface area contributed by atoms with E-state index in [1.165, 1.54) is 6.07 Å². The van der Waals surface area contributed by atoms with E-state index in [-0.39, 0.29) is 11.6 Å². The maximum Gasteiger partial charge on any atom is 0.336 e. The molecular weight excluding hydrogens is 256 g/mol. The maximum atomic E-state index is 12.2. The molecular formula is C15H20N2O3. The first kappa shape index (κ1) is 14.4. The number of benzene rings is 1. The Morgan fingerprint density at radius 2 is 2.20 bits per heavy atom. The molecule has 1 aromatic carbocycles. The van der Waals surface area contributed by atoms with E-state index in [0.717, 1.165) is 25.9 Å². The normalized spacial score (nSPS) is 18.1. The van der Waals surface area contributed by atoms with Gasteiger partial charge in [-0.25, -0.2) is 9.59 Å². The highest BCUT2D eigenvalue weighted by Crippen LogP contribution is 2.22. The molecule has 1 aliphatic heterocycles. The largest absolute Gasteiger partial charge is 0.478 e. The molecule has 2 rings (SSSR count). The van der Waals surface area contributed by atoms with Gasteiger partial charge in [0, 0.05) is 18.8 Å². The average Bonchev–Trinajstić information content (AvgIpc) is 2.89. The number of rotatable bonds is 3. The van der Waals surface area contributed by atoms with Crippen LogP contribution in [0.15, 0.2) is 18.2 Å². The van der Waals surface area contributed by atoms with E-state index >= 15 is 0 Å². The fourth-order valence-electron chi connectivity index (χ4n) is 2.55. The number of hydrogen-bond donors (Lipinski definition) is 2. The zero-order valence-corrected chi connectivity index (χ0v) is 11.8. The molecule has 5 nitrogen and oxygen atoms in total. The van der Waals surface area contributed by atoms with Crippen LogP contribution in [0.4, 0.5) is 10.5 Å². The first-order chi connectivity index (χ1) is 9.52. The quantitative estimate of drug-likeness (QED) is 0.891. The molecule has 0 bridgehead atoms. The summed E-state index contributed by atoms with van der Waals surface area (Å²) in [5, 5.41) is 11.9. The standard InChI is InChI=1S/C15H20N2O3/c1-3-11-7-8-17(9-11)15(20)16-13-6-4-5-12(10(13)2)14(18)19/h4-6,11H,3,7-9H2,1-2H3,(H,16,20)(H,18,19). The maximum absolute atomic E-state index is 12.2. The van der Waals surface area contributed by atoms with Crippen molar-refractivity contribution in [2.75, 3.05) is 18.4 Å². The topological polar surface area (TPSA) is 69.6 Å². The lowest BCUT2D eigenvalue weighted by atomic mass is 10.1. The van der Waals surface area contributed by atoms with Crippen molar-refractivity contribution in [3.8, 4) is 0 Å². The molecule has 1 aliphatic rings. The van der Waals surface area contributed by atoms with Gasteiger partial charge in [0.05, 0.1) is 5.56 Å². The van der Waals surface area contributed by atoms with Gasteiger partial charge in [-0.1, -0.05) is 19.4 Å². The molecule has 1 saturated heterocycles. The summed E-state index contributed by atoms with van der Waals surface area (Å²) in [5.74, 6) is -0.405. The second-order valence-electron chi connectivity index (χ2n) is 5.22. The Labute approximate surface area is 118 Å². The lowest BCUT2D eigenvalue weighted by molar-refractivity contribution is 0.0696. The van der Waals surface area contributed by atoms with Gasteiger partial charge in [0.15, 0.2) is 0 Å². The molecule has 0 saturated carbocycles. The van der Waals surface area contributed by atoms with Crippen LogP contribution in [-0.2, 0) is 0 Å². The number of aromatic carboxylic acids is 1. The first-order valence-corrected chi connectivity index (χ1v) is 6.91. The van der Waals surface area contributed by atoms with Gasteiger partial charge in [-0.3, -0.25) is 0 Å². The van der Waals surface area contributed by atoms with E-state index in [2.05, 4.69) is 12.2 Å². The smallest absolute Gasteiger partial charge is 0.336 e. The van der Waals surface area contributed by atoms with Gasteiger partial charge in [-0.15, -0.1) is 0 Å².